The number of amides is 2. The molecular weight excluding hydrogens is 299 g/mol. The van der Waals surface area contributed by atoms with Gasteiger partial charge in [-0.1, -0.05) is 12.1 Å². The third-order valence-electron chi connectivity index (χ3n) is 3.54. The van der Waals surface area contributed by atoms with Gasteiger partial charge in [0.2, 0.25) is 0 Å². The number of benzene rings is 1. The van der Waals surface area contributed by atoms with Crippen molar-refractivity contribution in [2.24, 2.45) is 0 Å². The summed E-state index contributed by atoms with van der Waals surface area (Å²) in [6, 6.07) is 5.95. The molecule has 1 heterocycles. The topological polar surface area (TPSA) is 49.9 Å². The molecule has 0 saturated carbocycles. The number of carbonyl (C=O) groups is 2. The van der Waals surface area contributed by atoms with Crippen LogP contribution < -0.4 is 0 Å². The van der Waals surface area contributed by atoms with Crippen LogP contribution in [0.5, 0.6) is 0 Å². The summed E-state index contributed by atoms with van der Waals surface area (Å²) < 4.78 is 19.1. The van der Waals surface area contributed by atoms with Gasteiger partial charge in [0, 0.05) is 26.2 Å². The molecule has 0 bridgehead atoms. The van der Waals surface area contributed by atoms with Gasteiger partial charge in [-0.2, -0.15) is 0 Å². The first-order valence-corrected chi connectivity index (χ1v) is 7.79. The average Bonchev–Trinajstić information content (AvgIpc) is 2.71. The van der Waals surface area contributed by atoms with Crippen molar-refractivity contribution in [3.8, 4) is 0 Å². The van der Waals surface area contributed by atoms with Gasteiger partial charge in [0.05, 0.1) is 5.56 Å². The zero-order valence-electron chi connectivity index (χ0n) is 13.8. The van der Waals surface area contributed by atoms with Crippen LogP contribution in [0.1, 0.15) is 37.6 Å². The first kappa shape index (κ1) is 17.2. The quantitative estimate of drug-likeness (QED) is 0.799. The lowest BCUT2D eigenvalue weighted by molar-refractivity contribution is 0.0255. The molecule has 126 valence electrons. The van der Waals surface area contributed by atoms with Gasteiger partial charge in [-0.15, -0.1) is 0 Å². The summed E-state index contributed by atoms with van der Waals surface area (Å²) >= 11 is 0. The molecular formula is C17H23FN2O3. The molecule has 2 rings (SSSR count). The lowest BCUT2D eigenvalue weighted by atomic mass is 10.2. The third-order valence-corrected chi connectivity index (χ3v) is 3.54. The third kappa shape index (κ3) is 4.68. The van der Waals surface area contributed by atoms with E-state index in [2.05, 4.69) is 0 Å². The second kappa shape index (κ2) is 6.98. The summed E-state index contributed by atoms with van der Waals surface area (Å²) in [5.74, 6) is -0.861. The van der Waals surface area contributed by atoms with Crippen LogP contribution in [0.25, 0.3) is 0 Å². The molecule has 0 aromatic heterocycles. The monoisotopic (exact) mass is 322 g/mol. The SMILES string of the molecule is CC(C)(C)OC(=O)N1CCCN(C(=O)c2ccccc2F)CC1. The molecule has 0 aliphatic carbocycles. The highest BCUT2D eigenvalue weighted by Crippen LogP contribution is 2.15. The minimum atomic E-state index is -0.550. The summed E-state index contributed by atoms with van der Waals surface area (Å²) in [5.41, 5.74) is -0.482. The standard InChI is InChI=1S/C17H23FN2O3/c1-17(2,3)23-16(22)20-10-6-9-19(11-12-20)15(21)13-7-4-5-8-14(13)18/h4-5,7-8H,6,9-12H2,1-3H3. The van der Waals surface area contributed by atoms with Crippen LogP contribution in [0.2, 0.25) is 0 Å². The van der Waals surface area contributed by atoms with Crippen molar-refractivity contribution < 1.29 is 18.7 Å². The van der Waals surface area contributed by atoms with E-state index in [9.17, 15) is 14.0 Å². The van der Waals surface area contributed by atoms with Crippen molar-refractivity contribution in [1.29, 1.82) is 0 Å². The molecule has 1 saturated heterocycles. The summed E-state index contributed by atoms with van der Waals surface area (Å²) in [5, 5.41) is 0. The van der Waals surface area contributed by atoms with E-state index in [1.807, 2.05) is 20.8 Å². The first-order valence-electron chi connectivity index (χ1n) is 7.79. The van der Waals surface area contributed by atoms with Gasteiger partial charge >= 0.3 is 6.09 Å². The van der Waals surface area contributed by atoms with Gasteiger partial charge in [0.1, 0.15) is 11.4 Å². The van der Waals surface area contributed by atoms with Crippen LogP contribution >= 0.6 is 0 Å². The van der Waals surface area contributed by atoms with Crippen molar-refractivity contribution in [2.45, 2.75) is 32.8 Å². The van der Waals surface area contributed by atoms with Crippen molar-refractivity contribution in [1.82, 2.24) is 9.80 Å². The van der Waals surface area contributed by atoms with Gasteiger partial charge < -0.3 is 14.5 Å². The van der Waals surface area contributed by atoms with Crippen molar-refractivity contribution in [2.75, 3.05) is 26.2 Å². The second-order valence-electron chi connectivity index (χ2n) is 6.59. The highest BCUT2D eigenvalue weighted by Gasteiger charge is 2.27. The predicted octanol–water partition coefficient (Wildman–Crippen LogP) is 2.91. The van der Waals surface area contributed by atoms with Gasteiger partial charge in [0.25, 0.3) is 5.91 Å². The van der Waals surface area contributed by atoms with E-state index >= 15 is 0 Å². The zero-order chi connectivity index (χ0) is 17.0. The fourth-order valence-corrected chi connectivity index (χ4v) is 2.43. The number of hydrogen-bond acceptors (Lipinski definition) is 3. The van der Waals surface area contributed by atoms with Crippen LogP contribution in [0, 0.1) is 5.82 Å². The van der Waals surface area contributed by atoms with E-state index in [-0.39, 0.29) is 17.6 Å². The van der Waals surface area contributed by atoms with E-state index in [1.54, 1.807) is 21.9 Å². The Morgan fingerprint density at radius 1 is 1.04 bits per heavy atom. The van der Waals surface area contributed by atoms with Crippen LogP contribution in [0.15, 0.2) is 24.3 Å². The average molecular weight is 322 g/mol. The first-order chi connectivity index (χ1) is 10.8. The molecule has 23 heavy (non-hydrogen) atoms. The van der Waals surface area contributed by atoms with Crippen LogP contribution in [-0.4, -0.2) is 53.6 Å². The molecule has 0 radical (unpaired) electrons. The number of halogens is 1. The molecule has 1 aromatic rings. The number of ether oxygens (including phenoxy) is 1. The predicted molar refractivity (Wildman–Crippen MR) is 84.7 cm³/mol. The number of hydrogen-bond donors (Lipinski definition) is 0. The fraction of sp³-hybridized carbons (Fsp3) is 0.529. The van der Waals surface area contributed by atoms with Gasteiger partial charge in [-0.25, -0.2) is 9.18 Å². The largest absolute Gasteiger partial charge is 0.444 e. The van der Waals surface area contributed by atoms with E-state index in [1.165, 1.54) is 12.1 Å². The molecule has 1 aliphatic heterocycles. The van der Waals surface area contributed by atoms with Crippen molar-refractivity contribution in [3.05, 3.63) is 35.6 Å². The van der Waals surface area contributed by atoms with Crippen LogP contribution in [0.4, 0.5) is 9.18 Å². The Morgan fingerprint density at radius 3 is 2.30 bits per heavy atom. The van der Waals surface area contributed by atoms with E-state index in [0.29, 0.717) is 32.6 Å². The van der Waals surface area contributed by atoms with E-state index in [0.717, 1.165) is 0 Å². The van der Waals surface area contributed by atoms with Crippen molar-refractivity contribution >= 4 is 12.0 Å². The molecule has 0 spiro atoms. The molecule has 1 aromatic carbocycles. The fourth-order valence-electron chi connectivity index (χ4n) is 2.43. The normalized spacial score (nSPS) is 16.0. The van der Waals surface area contributed by atoms with Gasteiger partial charge in [0.15, 0.2) is 0 Å². The Kier molecular flexibility index (Phi) is 5.23. The Balaban J connectivity index is 2.00. The van der Waals surface area contributed by atoms with Crippen molar-refractivity contribution in [3.63, 3.8) is 0 Å². The van der Waals surface area contributed by atoms with Gasteiger partial charge in [-0.3, -0.25) is 4.79 Å². The van der Waals surface area contributed by atoms with Gasteiger partial charge in [-0.05, 0) is 39.3 Å². The molecule has 0 unspecified atom stereocenters. The zero-order valence-corrected chi connectivity index (χ0v) is 13.8. The lowest BCUT2D eigenvalue weighted by Gasteiger charge is -2.26. The molecule has 0 N–H and O–H groups in total. The summed E-state index contributed by atoms with van der Waals surface area (Å²) in [6.45, 7) is 7.22. The molecule has 1 aliphatic rings. The number of rotatable bonds is 1. The molecule has 6 heteroatoms. The maximum Gasteiger partial charge on any atom is 0.410 e. The van der Waals surface area contributed by atoms with E-state index < -0.39 is 11.4 Å². The smallest absolute Gasteiger partial charge is 0.410 e. The molecule has 0 atom stereocenters. The minimum Gasteiger partial charge on any atom is -0.444 e. The van der Waals surface area contributed by atoms with Crippen LogP contribution in [0.3, 0.4) is 0 Å². The molecule has 1 fully saturated rings. The van der Waals surface area contributed by atoms with E-state index in [4.69, 9.17) is 4.74 Å². The summed E-state index contributed by atoms with van der Waals surface area (Å²) in [6.07, 6.45) is 0.261. The highest BCUT2D eigenvalue weighted by atomic mass is 19.1. The minimum absolute atomic E-state index is 0.0678. The molecule has 2 amide bonds. The summed E-state index contributed by atoms with van der Waals surface area (Å²) in [4.78, 5) is 27.7. The highest BCUT2D eigenvalue weighted by molar-refractivity contribution is 5.94. The second-order valence-corrected chi connectivity index (χ2v) is 6.59. The maximum absolute atomic E-state index is 13.8. The van der Waals surface area contributed by atoms with Crippen LogP contribution in [-0.2, 0) is 4.74 Å². The Hall–Kier alpha value is -2.11. The Morgan fingerprint density at radius 2 is 1.65 bits per heavy atom. The summed E-state index contributed by atoms with van der Waals surface area (Å²) in [7, 11) is 0. The number of carbonyl (C=O) groups excluding carboxylic acids is 2. The Bertz CT molecular complexity index is 583. The lowest BCUT2D eigenvalue weighted by Crippen LogP contribution is -2.40. The maximum atomic E-state index is 13.8. The Labute approximate surface area is 136 Å². The number of nitrogens with zero attached hydrogens (tertiary/aromatic N) is 2. The molecule has 5 nitrogen and oxygen atoms in total.